The predicted molar refractivity (Wildman–Crippen MR) is 101 cm³/mol. The van der Waals surface area contributed by atoms with Gasteiger partial charge in [0.15, 0.2) is 23.4 Å². The molecule has 0 saturated carbocycles. The smallest absolute Gasteiger partial charge is 0.204 e. The normalized spacial score (nSPS) is 15.7. The molecule has 5 rings (SSSR count). The molecule has 6 heteroatoms. The summed E-state index contributed by atoms with van der Waals surface area (Å²) >= 11 is 0. The molecule has 1 unspecified atom stereocenters. The first-order chi connectivity index (χ1) is 13.3. The molecule has 1 aliphatic heterocycles. The highest BCUT2D eigenvalue weighted by Crippen LogP contribution is 2.42. The van der Waals surface area contributed by atoms with Crippen molar-refractivity contribution in [3.05, 3.63) is 66.7 Å². The van der Waals surface area contributed by atoms with Crippen LogP contribution in [-0.4, -0.2) is 28.7 Å². The Morgan fingerprint density at radius 1 is 1.07 bits per heavy atom. The fourth-order valence-electron chi connectivity index (χ4n) is 3.27. The van der Waals surface area contributed by atoms with E-state index < -0.39 is 0 Å². The Bertz CT molecular complexity index is 1090. The molecule has 0 spiro atoms. The molecule has 1 atom stereocenters. The Hall–Kier alpha value is -3.54. The van der Waals surface area contributed by atoms with Crippen LogP contribution in [0.2, 0.25) is 0 Å². The molecule has 0 radical (unpaired) electrons. The maximum Gasteiger partial charge on any atom is 0.204 e. The number of aromatic amines is 1. The monoisotopic (exact) mass is 359 g/mol. The minimum atomic E-state index is -0.328. The maximum atomic E-state index is 6.13. The first kappa shape index (κ1) is 15.7. The van der Waals surface area contributed by atoms with E-state index in [2.05, 4.69) is 27.1 Å². The zero-order valence-electron chi connectivity index (χ0n) is 14.7. The third-order valence-electron chi connectivity index (χ3n) is 4.63. The number of nitrogens with one attached hydrogen (secondary N) is 1. The van der Waals surface area contributed by atoms with Crippen LogP contribution in [0, 0.1) is 0 Å². The van der Waals surface area contributed by atoms with Crippen molar-refractivity contribution in [2.75, 3.05) is 13.7 Å². The van der Waals surface area contributed by atoms with Crippen molar-refractivity contribution in [1.29, 1.82) is 0 Å². The summed E-state index contributed by atoms with van der Waals surface area (Å²) < 4.78 is 17.4. The number of nitrogens with zero attached hydrogens (tertiary/aromatic N) is 2. The number of ether oxygens (including phenoxy) is 3. The van der Waals surface area contributed by atoms with Crippen molar-refractivity contribution in [2.45, 2.75) is 6.10 Å². The lowest BCUT2D eigenvalue weighted by atomic mass is 10.1. The molecular formula is C21H17N3O3. The van der Waals surface area contributed by atoms with Gasteiger partial charge in [0.25, 0.3) is 0 Å². The van der Waals surface area contributed by atoms with Crippen LogP contribution in [0.3, 0.4) is 0 Å². The number of aromatic nitrogens is 3. The van der Waals surface area contributed by atoms with Gasteiger partial charge in [-0.1, -0.05) is 12.1 Å². The number of benzene rings is 2. The van der Waals surface area contributed by atoms with E-state index in [1.807, 2.05) is 36.4 Å². The van der Waals surface area contributed by atoms with E-state index in [0.29, 0.717) is 23.9 Å². The van der Waals surface area contributed by atoms with E-state index >= 15 is 0 Å². The van der Waals surface area contributed by atoms with Crippen LogP contribution in [0.5, 0.6) is 17.2 Å². The van der Waals surface area contributed by atoms with E-state index in [-0.39, 0.29) is 6.10 Å². The first-order valence-electron chi connectivity index (χ1n) is 8.68. The summed E-state index contributed by atoms with van der Waals surface area (Å²) in [5.41, 5.74) is 4.05. The molecule has 27 heavy (non-hydrogen) atoms. The van der Waals surface area contributed by atoms with Gasteiger partial charge in [0.05, 0.1) is 18.1 Å². The zero-order valence-corrected chi connectivity index (χ0v) is 14.7. The number of imidazole rings is 1. The second kappa shape index (κ2) is 6.32. The van der Waals surface area contributed by atoms with Gasteiger partial charge in [-0.3, -0.25) is 4.98 Å². The number of pyridine rings is 1. The number of para-hydroxylation sites is 1. The Kier molecular flexibility index (Phi) is 3.67. The topological polar surface area (TPSA) is 69.3 Å². The molecule has 134 valence electrons. The average Bonchev–Trinajstić information content (AvgIpc) is 3.17. The Morgan fingerprint density at radius 2 is 1.96 bits per heavy atom. The molecule has 3 heterocycles. The SMILES string of the molecule is COc1cccc2c1OC(c1nc3ccc(-c4ccncc4)cc3[nH]1)CO2. The summed E-state index contributed by atoms with van der Waals surface area (Å²) in [7, 11) is 1.62. The van der Waals surface area contributed by atoms with Crippen LogP contribution in [0.25, 0.3) is 22.2 Å². The Morgan fingerprint density at radius 3 is 2.81 bits per heavy atom. The van der Waals surface area contributed by atoms with Gasteiger partial charge in [0.2, 0.25) is 5.75 Å². The average molecular weight is 359 g/mol. The molecular weight excluding hydrogens is 342 g/mol. The molecule has 1 N–H and O–H groups in total. The van der Waals surface area contributed by atoms with Crippen LogP contribution in [0.15, 0.2) is 60.9 Å². The van der Waals surface area contributed by atoms with E-state index in [0.717, 1.165) is 28.0 Å². The van der Waals surface area contributed by atoms with Crippen LogP contribution in [0.1, 0.15) is 11.9 Å². The highest BCUT2D eigenvalue weighted by molar-refractivity contribution is 5.82. The summed E-state index contributed by atoms with van der Waals surface area (Å²) in [5.74, 6) is 2.66. The van der Waals surface area contributed by atoms with Gasteiger partial charge in [-0.2, -0.15) is 0 Å². The van der Waals surface area contributed by atoms with Crippen LogP contribution in [0.4, 0.5) is 0 Å². The molecule has 0 fully saturated rings. The number of hydrogen-bond acceptors (Lipinski definition) is 5. The molecule has 0 aliphatic carbocycles. The van der Waals surface area contributed by atoms with Crippen molar-refractivity contribution in [3.63, 3.8) is 0 Å². The van der Waals surface area contributed by atoms with Gasteiger partial charge < -0.3 is 19.2 Å². The van der Waals surface area contributed by atoms with Crippen LogP contribution in [-0.2, 0) is 0 Å². The standard InChI is InChI=1S/C21H17N3O3/c1-25-17-3-2-4-18-20(17)27-19(12-26-18)21-23-15-6-5-14(11-16(15)24-21)13-7-9-22-10-8-13/h2-11,19H,12H2,1H3,(H,23,24). The molecule has 2 aromatic carbocycles. The number of hydrogen-bond donors (Lipinski definition) is 1. The lowest BCUT2D eigenvalue weighted by Gasteiger charge is -2.26. The van der Waals surface area contributed by atoms with E-state index in [9.17, 15) is 0 Å². The fraction of sp³-hybridized carbons (Fsp3) is 0.143. The van der Waals surface area contributed by atoms with Gasteiger partial charge in [-0.25, -0.2) is 4.98 Å². The predicted octanol–water partition coefficient (Wildman–Crippen LogP) is 4.15. The molecule has 6 nitrogen and oxygen atoms in total. The summed E-state index contributed by atoms with van der Waals surface area (Å²) in [4.78, 5) is 12.1. The van der Waals surface area contributed by atoms with Gasteiger partial charge in [0.1, 0.15) is 6.61 Å². The minimum Gasteiger partial charge on any atom is -0.493 e. The maximum absolute atomic E-state index is 6.13. The number of rotatable bonds is 3. The quantitative estimate of drug-likeness (QED) is 0.595. The van der Waals surface area contributed by atoms with Crippen LogP contribution < -0.4 is 14.2 Å². The van der Waals surface area contributed by atoms with Crippen molar-refractivity contribution < 1.29 is 14.2 Å². The van der Waals surface area contributed by atoms with Crippen molar-refractivity contribution >= 4 is 11.0 Å². The molecule has 0 saturated heterocycles. The van der Waals surface area contributed by atoms with Crippen molar-refractivity contribution in [1.82, 2.24) is 15.0 Å². The van der Waals surface area contributed by atoms with E-state index in [4.69, 9.17) is 14.2 Å². The van der Waals surface area contributed by atoms with E-state index in [1.54, 1.807) is 19.5 Å². The fourth-order valence-corrected chi connectivity index (χ4v) is 3.27. The second-order valence-electron chi connectivity index (χ2n) is 6.29. The van der Waals surface area contributed by atoms with Gasteiger partial charge in [0, 0.05) is 12.4 Å². The van der Waals surface area contributed by atoms with Gasteiger partial charge in [-0.15, -0.1) is 0 Å². The van der Waals surface area contributed by atoms with Crippen molar-refractivity contribution in [2.24, 2.45) is 0 Å². The minimum absolute atomic E-state index is 0.328. The summed E-state index contributed by atoms with van der Waals surface area (Å²) in [6.45, 7) is 0.386. The molecule has 4 aromatic rings. The number of methoxy groups -OCH3 is 1. The second-order valence-corrected chi connectivity index (χ2v) is 6.29. The van der Waals surface area contributed by atoms with E-state index in [1.165, 1.54) is 0 Å². The first-order valence-corrected chi connectivity index (χ1v) is 8.68. The Labute approximate surface area is 155 Å². The summed E-state index contributed by atoms with van der Waals surface area (Å²) in [6, 6.07) is 15.7. The van der Waals surface area contributed by atoms with Gasteiger partial charge >= 0.3 is 0 Å². The summed E-state index contributed by atoms with van der Waals surface area (Å²) in [6.07, 6.45) is 3.25. The number of H-pyrrole nitrogens is 1. The van der Waals surface area contributed by atoms with Crippen molar-refractivity contribution in [3.8, 4) is 28.4 Å². The molecule has 0 amide bonds. The zero-order chi connectivity index (χ0) is 18.2. The Balaban J connectivity index is 1.49. The largest absolute Gasteiger partial charge is 0.493 e. The molecule has 0 bridgehead atoms. The third kappa shape index (κ3) is 2.75. The highest BCUT2D eigenvalue weighted by atomic mass is 16.6. The summed E-state index contributed by atoms with van der Waals surface area (Å²) in [5, 5.41) is 0. The lowest BCUT2D eigenvalue weighted by Crippen LogP contribution is -2.23. The number of fused-ring (bicyclic) bond motifs is 2. The lowest BCUT2D eigenvalue weighted by molar-refractivity contribution is 0.0819. The van der Waals surface area contributed by atoms with Crippen LogP contribution >= 0.6 is 0 Å². The molecule has 1 aliphatic rings. The highest BCUT2D eigenvalue weighted by Gasteiger charge is 2.27. The van der Waals surface area contributed by atoms with Gasteiger partial charge in [-0.05, 0) is 47.5 Å². The third-order valence-corrected chi connectivity index (χ3v) is 4.63. The molecule has 2 aromatic heterocycles.